The van der Waals surface area contributed by atoms with E-state index in [1.807, 2.05) is 30.3 Å². The Morgan fingerprint density at radius 3 is 1.69 bits per heavy atom. The second-order valence-corrected chi connectivity index (χ2v) is 10.9. The molecule has 35 heavy (non-hydrogen) atoms. The number of hydrogen-bond donors (Lipinski definition) is 2. The molecule has 0 saturated carbocycles. The maximum atomic E-state index is 11.5. The van der Waals surface area contributed by atoms with Gasteiger partial charge in [-0.1, -0.05) is 41.7 Å². The van der Waals surface area contributed by atoms with Crippen molar-refractivity contribution in [3.8, 4) is 11.3 Å². The second-order valence-electron chi connectivity index (χ2n) is 7.09. The third-order valence-electron chi connectivity index (χ3n) is 4.81. The molecule has 0 aliphatic carbocycles. The van der Waals surface area contributed by atoms with E-state index in [9.17, 15) is 25.9 Å². The van der Waals surface area contributed by atoms with Gasteiger partial charge in [0.15, 0.2) is 10.1 Å². The molecule has 0 bridgehead atoms. The summed E-state index contributed by atoms with van der Waals surface area (Å²) in [5.41, 5.74) is 2.34. The summed E-state index contributed by atoms with van der Waals surface area (Å²) in [6.07, 6.45) is 0. The Balaban J connectivity index is 1.90. The SMILES string of the molecule is CN=Nc1sc(N(c2ccc(S(=O)(=O)O)cc2)c2ccc(S(=O)(=O)O)cc2)nc1-c1ccccc1. The highest BCUT2D eigenvalue weighted by molar-refractivity contribution is 7.86. The molecule has 2 N–H and O–H groups in total. The molecule has 180 valence electrons. The highest BCUT2D eigenvalue weighted by atomic mass is 32.2. The van der Waals surface area contributed by atoms with E-state index in [4.69, 9.17) is 4.98 Å². The van der Waals surface area contributed by atoms with Gasteiger partial charge in [-0.3, -0.25) is 14.0 Å². The number of azo groups is 1. The lowest BCUT2D eigenvalue weighted by molar-refractivity contribution is 0.481. The van der Waals surface area contributed by atoms with Crippen molar-refractivity contribution in [1.82, 2.24) is 4.98 Å². The largest absolute Gasteiger partial charge is 0.294 e. The summed E-state index contributed by atoms with van der Waals surface area (Å²) >= 11 is 1.22. The molecular weight excluding hydrogens is 512 g/mol. The summed E-state index contributed by atoms with van der Waals surface area (Å²) in [5, 5.41) is 9.04. The first-order valence-electron chi connectivity index (χ1n) is 9.89. The summed E-state index contributed by atoms with van der Waals surface area (Å²) in [5.74, 6) is 0. The van der Waals surface area contributed by atoms with Crippen LogP contribution in [0.1, 0.15) is 0 Å². The van der Waals surface area contributed by atoms with Crippen LogP contribution in [0, 0.1) is 0 Å². The number of aromatic nitrogens is 1. The molecule has 1 aromatic heterocycles. The summed E-state index contributed by atoms with van der Waals surface area (Å²) < 4.78 is 64.6. The van der Waals surface area contributed by atoms with Crippen LogP contribution >= 0.6 is 11.3 Å². The van der Waals surface area contributed by atoms with Crippen molar-refractivity contribution in [2.24, 2.45) is 10.2 Å². The summed E-state index contributed by atoms with van der Waals surface area (Å²) in [4.78, 5) is 5.84. The predicted molar refractivity (Wildman–Crippen MR) is 132 cm³/mol. The third-order valence-corrected chi connectivity index (χ3v) is 7.47. The van der Waals surface area contributed by atoms with Crippen LogP contribution in [-0.2, 0) is 20.2 Å². The van der Waals surface area contributed by atoms with Crippen molar-refractivity contribution in [3.05, 3.63) is 78.9 Å². The van der Waals surface area contributed by atoms with Crippen molar-refractivity contribution in [3.63, 3.8) is 0 Å². The monoisotopic (exact) mass is 530 g/mol. The lowest BCUT2D eigenvalue weighted by Gasteiger charge is -2.22. The second kappa shape index (κ2) is 9.64. The lowest BCUT2D eigenvalue weighted by Crippen LogP contribution is -2.10. The van der Waals surface area contributed by atoms with E-state index < -0.39 is 20.2 Å². The van der Waals surface area contributed by atoms with Gasteiger partial charge < -0.3 is 0 Å². The van der Waals surface area contributed by atoms with E-state index in [2.05, 4.69) is 10.2 Å². The minimum Gasteiger partial charge on any atom is -0.286 e. The van der Waals surface area contributed by atoms with Crippen LogP contribution in [-0.4, -0.2) is 38.0 Å². The van der Waals surface area contributed by atoms with Crippen LogP contribution in [0.5, 0.6) is 0 Å². The Kier molecular flexibility index (Phi) is 6.78. The first kappa shape index (κ1) is 24.6. The number of thiazole rings is 1. The summed E-state index contributed by atoms with van der Waals surface area (Å²) in [6.45, 7) is 0. The van der Waals surface area contributed by atoms with Gasteiger partial charge >= 0.3 is 0 Å². The maximum absolute atomic E-state index is 11.5. The first-order chi connectivity index (χ1) is 16.6. The van der Waals surface area contributed by atoms with Crippen LogP contribution in [0.2, 0.25) is 0 Å². The standard InChI is InChI=1S/C22H18N4O6S3/c1-23-25-21-20(15-5-3-2-4-6-15)24-22(33-21)26(16-7-11-18(12-8-16)34(27,28)29)17-9-13-19(14-10-17)35(30,31)32/h2-14H,1H3,(H,27,28,29)(H,30,31,32). The Morgan fingerprint density at radius 1 is 0.771 bits per heavy atom. The molecule has 4 rings (SSSR count). The van der Waals surface area contributed by atoms with Crippen LogP contribution in [0.25, 0.3) is 11.3 Å². The molecule has 0 aliphatic rings. The molecule has 0 spiro atoms. The number of anilines is 3. The molecule has 0 unspecified atom stereocenters. The number of nitrogens with zero attached hydrogens (tertiary/aromatic N) is 4. The fraction of sp³-hybridized carbons (Fsp3) is 0.0455. The van der Waals surface area contributed by atoms with Gasteiger partial charge in [0.25, 0.3) is 20.2 Å². The summed E-state index contributed by atoms with van der Waals surface area (Å²) in [7, 11) is -7.26. The maximum Gasteiger partial charge on any atom is 0.294 e. The van der Waals surface area contributed by atoms with Gasteiger partial charge in [0.2, 0.25) is 0 Å². The average molecular weight is 531 g/mol. The van der Waals surface area contributed by atoms with Crippen molar-refractivity contribution in [2.45, 2.75) is 9.79 Å². The van der Waals surface area contributed by atoms with Gasteiger partial charge in [-0.2, -0.15) is 21.9 Å². The molecule has 3 aromatic carbocycles. The highest BCUT2D eigenvalue weighted by Gasteiger charge is 2.22. The predicted octanol–water partition coefficient (Wildman–Crippen LogP) is 5.49. The highest BCUT2D eigenvalue weighted by Crippen LogP contribution is 2.45. The molecule has 0 fully saturated rings. The minimum absolute atomic E-state index is 0.285. The molecule has 4 aromatic rings. The zero-order chi connectivity index (χ0) is 25.2. The number of benzene rings is 3. The molecule has 13 heteroatoms. The smallest absolute Gasteiger partial charge is 0.286 e. The number of rotatable bonds is 7. The van der Waals surface area contributed by atoms with E-state index in [0.29, 0.717) is 27.2 Å². The normalized spacial score (nSPS) is 12.2. The van der Waals surface area contributed by atoms with Crippen LogP contribution < -0.4 is 4.90 Å². The molecule has 0 amide bonds. The molecule has 0 saturated heterocycles. The van der Waals surface area contributed by atoms with Crippen molar-refractivity contribution in [1.29, 1.82) is 0 Å². The van der Waals surface area contributed by atoms with Crippen molar-refractivity contribution < 1.29 is 25.9 Å². The molecular formula is C22H18N4O6S3. The van der Waals surface area contributed by atoms with Gasteiger partial charge in [-0.25, -0.2) is 4.98 Å². The van der Waals surface area contributed by atoms with Crippen LogP contribution in [0.3, 0.4) is 0 Å². The topological polar surface area (TPSA) is 150 Å². The molecule has 0 atom stereocenters. The Hall–Kier alpha value is -3.49. The molecule has 0 aliphatic heterocycles. The van der Waals surface area contributed by atoms with Crippen LogP contribution in [0.4, 0.5) is 21.5 Å². The van der Waals surface area contributed by atoms with Gasteiger partial charge in [0.1, 0.15) is 5.69 Å². The van der Waals surface area contributed by atoms with E-state index in [1.54, 1.807) is 4.90 Å². The van der Waals surface area contributed by atoms with Crippen LogP contribution in [0.15, 0.2) is 98.9 Å². The van der Waals surface area contributed by atoms with E-state index >= 15 is 0 Å². The van der Waals surface area contributed by atoms with E-state index in [-0.39, 0.29) is 9.79 Å². The van der Waals surface area contributed by atoms with Gasteiger partial charge in [0, 0.05) is 24.0 Å². The first-order valence-corrected chi connectivity index (χ1v) is 13.6. The number of hydrogen-bond acceptors (Lipinski definition) is 9. The van der Waals surface area contributed by atoms with Gasteiger partial charge in [0.05, 0.1) is 9.79 Å². The Bertz CT molecular complexity index is 1510. The van der Waals surface area contributed by atoms with E-state index in [0.717, 1.165) is 5.56 Å². The van der Waals surface area contributed by atoms with E-state index in [1.165, 1.54) is 66.9 Å². The summed E-state index contributed by atoms with van der Waals surface area (Å²) in [6, 6.07) is 20.2. The molecule has 1 heterocycles. The molecule has 0 radical (unpaired) electrons. The van der Waals surface area contributed by atoms with Crippen molar-refractivity contribution in [2.75, 3.05) is 11.9 Å². The fourth-order valence-electron chi connectivity index (χ4n) is 3.24. The van der Waals surface area contributed by atoms with Crippen molar-refractivity contribution >= 4 is 53.1 Å². The lowest BCUT2D eigenvalue weighted by atomic mass is 10.2. The quantitative estimate of drug-likeness (QED) is 0.235. The van der Waals surface area contributed by atoms with Gasteiger partial charge in [-0.15, -0.1) is 5.11 Å². The zero-order valence-corrected chi connectivity index (χ0v) is 20.5. The Labute approximate surface area is 205 Å². The Morgan fingerprint density at radius 2 is 1.26 bits per heavy atom. The van der Waals surface area contributed by atoms with Gasteiger partial charge in [-0.05, 0) is 48.5 Å². The zero-order valence-electron chi connectivity index (χ0n) is 18.0. The third kappa shape index (κ3) is 5.44. The minimum atomic E-state index is -4.40. The fourth-order valence-corrected chi connectivity index (χ4v) is 5.20. The average Bonchev–Trinajstić information content (AvgIpc) is 3.23. The molecule has 10 nitrogen and oxygen atoms in total.